The van der Waals surface area contributed by atoms with Crippen LogP contribution in [-0.4, -0.2) is 36.8 Å². The highest BCUT2D eigenvalue weighted by molar-refractivity contribution is 6.03. The molecule has 0 aliphatic carbocycles. The van der Waals surface area contributed by atoms with Gasteiger partial charge in [0.1, 0.15) is 12.4 Å². The molecule has 0 N–H and O–H groups in total. The van der Waals surface area contributed by atoms with Crippen LogP contribution in [0.2, 0.25) is 0 Å². The van der Waals surface area contributed by atoms with Crippen LogP contribution >= 0.6 is 0 Å². The minimum Gasteiger partial charge on any atom is -0.453 e. The highest BCUT2D eigenvalue weighted by atomic mass is 19.1. The summed E-state index contributed by atoms with van der Waals surface area (Å²) in [6, 6.07) is 16.3. The molecule has 3 rings (SSSR count). The molecular formula is C20H16FN3O4. The molecule has 2 aromatic carbocycles. The Kier molecular flexibility index (Phi) is 5.97. The van der Waals surface area contributed by atoms with E-state index in [2.05, 4.69) is 5.16 Å². The average molecular weight is 381 g/mol. The molecule has 1 amide bonds. The highest BCUT2D eigenvalue weighted by Crippen LogP contribution is 2.19. The van der Waals surface area contributed by atoms with Gasteiger partial charge in [-0.1, -0.05) is 35.5 Å². The normalized spacial score (nSPS) is 15.1. The van der Waals surface area contributed by atoms with Crippen LogP contribution in [0.4, 0.5) is 10.1 Å². The Morgan fingerprint density at radius 1 is 1.25 bits per heavy atom. The van der Waals surface area contributed by atoms with Gasteiger partial charge >= 0.3 is 5.97 Å². The van der Waals surface area contributed by atoms with E-state index in [9.17, 15) is 14.0 Å². The van der Waals surface area contributed by atoms with Crippen LogP contribution in [0.25, 0.3) is 0 Å². The number of carbonyl (C=O) groups excluding carboxylic acids is 2. The lowest BCUT2D eigenvalue weighted by atomic mass is 10.1. The van der Waals surface area contributed by atoms with Crippen molar-refractivity contribution in [2.24, 2.45) is 5.16 Å². The molecule has 28 heavy (non-hydrogen) atoms. The molecule has 2 aromatic rings. The van der Waals surface area contributed by atoms with E-state index in [0.717, 1.165) is 0 Å². The van der Waals surface area contributed by atoms with Crippen molar-refractivity contribution in [3.63, 3.8) is 0 Å². The van der Waals surface area contributed by atoms with Crippen molar-refractivity contribution in [2.75, 3.05) is 18.1 Å². The number of carbonyl (C=O) groups is 2. The van der Waals surface area contributed by atoms with Gasteiger partial charge < -0.3 is 9.57 Å². The number of oxime groups is 1. The van der Waals surface area contributed by atoms with Gasteiger partial charge in [0.2, 0.25) is 6.10 Å². The Hall–Kier alpha value is -3.73. The van der Waals surface area contributed by atoms with E-state index in [-0.39, 0.29) is 13.0 Å². The zero-order valence-corrected chi connectivity index (χ0v) is 14.7. The summed E-state index contributed by atoms with van der Waals surface area (Å²) in [4.78, 5) is 30.8. The van der Waals surface area contributed by atoms with E-state index in [1.54, 1.807) is 36.4 Å². The highest BCUT2D eigenvalue weighted by Gasteiger charge is 2.31. The lowest BCUT2D eigenvalue weighted by Gasteiger charge is -2.19. The van der Waals surface area contributed by atoms with Crippen molar-refractivity contribution >= 4 is 23.3 Å². The van der Waals surface area contributed by atoms with Crippen molar-refractivity contribution in [1.82, 2.24) is 0 Å². The molecule has 0 saturated carbocycles. The quantitative estimate of drug-likeness (QED) is 0.566. The Bertz CT molecular complexity index is 940. The Labute approximate surface area is 160 Å². The number of nitrogens with zero attached hydrogens (tertiary/aromatic N) is 3. The number of esters is 1. The minimum absolute atomic E-state index is 0.108. The summed E-state index contributed by atoms with van der Waals surface area (Å²) in [6.07, 6.45) is -0.899. The van der Waals surface area contributed by atoms with Gasteiger partial charge in [0.05, 0.1) is 11.8 Å². The van der Waals surface area contributed by atoms with Gasteiger partial charge in [-0.2, -0.15) is 5.26 Å². The third kappa shape index (κ3) is 4.51. The van der Waals surface area contributed by atoms with Crippen molar-refractivity contribution in [3.05, 3.63) is 66.0 Å². The maximum Gasteiger partial charge on any atom is 0.351 e. The molecule has 1 aliphatic heterocycles. The molecule has 1 aliphatic rings. The third-order valence-electron chi connectivity index (χ3n) is 4.03. The standard InChI is InChI=1S/C20H16FN3O4/c21-15-6-4-5-14(11-15)17-12-18(28-23-17)20(26)27-13-19(25)24(10-9-22)16-7-2-1-3-8-16/h1-8,11,18H,10,12-13H2. The molecule has 8 heteroatoms. The molecule has 0 saturated heterocycles. The maximum absolute atomic E-state index is 13.3. The average Bonchev–Trinajstić information content (AvgIpc) is 3.21. The molecule has 1 unspecified atom stereocenters. The summed E-state index contributed by atoms with van der Waals surface area (Å²) in [5.41, 5.74) is 1.46. The second kappa shape index (κ2) is 8.77. The zero-order valence-electron chi connectivity index (χ0n) is 14.7. The third-order valence-corrected chi connectivity index (χ3v) is 4.03. The summed E-state index contributed by atoms with van der Waals surface area (Å²) in [5.74, 6) is -1.71. The van der Waals surface area contributed by atoms with E-state index >= 15 is 0 Å². The Morgan fingerprint density at radius 3 is 2.75 bits per heavy atom. The fraction of sp³-hybridized carbons (Fsp3) is 0.200. The molecule has 0 radical (unpaired) electrons. The monoisotopic (exact) mass is 381 g/mol. The summed E-state index contributed by atoms with van der Waals surface area (Å²) in [6.45, 7) is -0.711. The largest absolute Gasteiger partial charge is 0.453 e. The number of hydrogen-bond donors (Lipinski definition) is 0. The molecule has 142 valence electrons. The van der Waals surface area contributed by atoms with Gasteiger partial charge in [0.25, 0.3) is 5.91 Å². The number of ether oxygens (including phenoxy) is 1. The molecule has 7 nitrogen and oxygen atoms in total. The first kappa shape index (κ1) is 19.0. The van der Waals surface area contributed by atoms with Crippen LogP contribution in [0.5, 0.6) is 0 Å². The molecule has 1 heterocycles. The lowest BCUT2D eigenvalue weighted by Crippen LogP contribution is -2.36. The number of para-hydroxylation sites is 1. The molecule has 0 aromatic heterocycles. The molecule has 0 spiro atoms. The van der Waals surface area contributed by atoms with Crippen LogP contribution in [0, 0.1) is 17.1 Å². The maximum atomic E-state index is 13.3. The van der Waals surface area contributed by atoms with Gasteiger partial charge in [0, 0.05) is 17.7 Å². The van der Waals surface area contributed by atoms with Gasteiger partial charge in [0.15, 0.2) is 6.61 Å². The van der Waals surface area contributed by atoms with E-state index in [1.807, 2.05) is 6.07 Å². The summed E-state index contributed by atoms with van der Waals surface area (Å²) < 4.78 is 18.3. The van der Waals surface area contributed by atoms with E-state index in [1.165, 1.54) is 23.1 Å². The summed E-state index contributed by atoms with van der Waals surface area (Å²) in [7, 11) is 0. The minimum atomic E-state index is -1.01. The van der Waals surface area contributed by atoms with Crippen LogP contribution in [0.15, 0.2) is 59.8 Å². The predicted octanol–water partition coefficient (Wildman–Crippen LogP) is 2.42. The Balaban J connectivity index is 1.55. The van der Waals surface area contributed by atoms with Crippen LogP contribution < -0.4 is 4.90 Å². The van der Waals surface area contributed by atoms with Crippen LogP contribution in [-0.2, 0) is 19.2 Å². The van der Waals surface area contributed by atoms with Gasteiger partial charge in [-0.15, -0.1) is 0 Å². The molecular weight excluding hydrogens is 365 g/mol. The number of amides is 1. The lowest BCUT2D eigenvalue weighted by molar-refractivity contribution is -0.158. The number of hydrogen-bond acceptors (Lipinski definition) is 6. The van der Waals surface area contributed by atoms with E-state index in [0.29, 0.717) is 17.0 Å². The van der Waals surface area contributed by atoms with E-state index < -0.39 is 30.4 Å². The fourth-order valence-corrected chi connectivity index (χ4v) is 2.65. The second-order valence-corrected chi connectivity index (χ2v) is 5.93. The van der Waals surface area contributed by atoms with Gasteiger partial charge in [-0.05, 0) is 24.3 Å². The van der Waals surface area contributed by atoms with E-state index in [4.69, 9.17) is 14.8 Å². The SMILES string of the molecule is N#CCN(C(=O)COC(=O)C1CC(c2cccc(F)c2)=NO1)c1ccccc1. The first-order valence-electron chi connectivity index (χ1n) is 8.46. The van der Waals surface area contributed by atoms with Gasteiger partial charge in [-0.3, -0.25) is 9.69 Å². The van der Waals surface area contributed by atoms with Crippen molar-refractivity contribution in [2.45, 2.75) is 12.5 Å². The number of halogens is 1. The predicted molar refractivity (Wildman–Crippen MR) is 97.8 cm³/mol. The number of anilines is 1. The first-order valence-corrected chi connectivity index (χ1v) is 8.46. The number of rotatable bonds is 6. The van der Waals surface area contributed by atoms with Crippen LogP contribution in [0.3, 0.4) is 0 Å². The first-order chi connectivity index (χ1) is 13.6. The number of nitriles is 1. The topological polar surface area (TPSA) is 92.0 Å². The molecule has 1 atom stereocenters. The fourth-order valence-electron chi connectivity index (χ4n) is 2.65. The van der Waals surface area contributed by atoms with Crippen molar-refractivity contribution in [3.8, 4) is 6.07 Å². The van der Waals surface area contributed by atoms with Crippen molar-refractivity contribution in [1.29, 1.82) is 5.26 Å². The zero-order chi connectivity index (χ0) is 19.9. The van der Waals surface area contributed by atoms with Crippen LogP contribution in [0.1, 0.15) is 12.0 Å². The van der Waals surface area contributed by atoms with Crippen molar-refractivity contribution < 1.29 is 23.6 Å². The molecule has 0 fully saturated rings. The van der Waals surface area contributed by atoms with Gasteiger partial charge in [-0.25, -0.2) is 9.18 Å². The summed E-state index contributed by atoms with van der Waals surface area (Å²) in [5, 5.41) is 12.7. The second-order valence-electron chi connectivity index (χ2n) is 5.93. The smallest absolute Gasteiger partial charge is 0.351 e. The summed E-state index contributed by atoms with van der Waals surface area (Å²) >= 11 is 0. The molecule has 0 bridgehead atoms. The Morgan fingerprint density at radius 2 is 2.04 bits per heavy atom. The number of benzene rings is 2.